The van der Waals surface area contributed by atoms with Crippen molar-refractivity contribution in [1.82, 2.24) is 0 Å². The molecule has 0 fully saturated rings. The van der Waals surface area contributed by atoms with E-state index >= 15 is 0 Å². The quantitative estimate of drug-likeness (QED) is 0.395. The Bertz CT molecular complexity index is 228. The Hall–Kier alpha value is -1.58. The lowest BCUT2D eigenvalue weighted by Gasteiger charge is -1.95. The number of carboxylic acid groups (broad SMARTS) is 1. The highest BCUT2D eigenvalue weighted by Gasteiger charge is 1.92. The summed E-state index contributed by atoms with van der Waals surface area (Å²) < 4.78 is 4.69. The number of hydrogen-bond acceptors (Lipinski definition) is 3. The predicted octanol–water partition coefficient (Wildman–Crippen LogP) is 1.14. The van der Waals surface area contributed by atoms with Crippen molar-refractivity contribution in [3.05, 3.63) is 24.3 Å². The van der Waals surface area contributed by atoms with E-state index in [9.17, 15) is 9.59 Å². The first-order valence-electron chi connectivity index (χ1n) is 3.91. The van der Waals surface area contributed by atoms with E-state index in [1.54, 1.807) is 0 Å². The molecule has 4 heteroatoms. The van der Waals surface area contributed by atoms with Gasteiger partial charge in [-0.15, -0.1) is 0 Å². The Kier molecular flexibility index (Phi) is 6.23. The average molecular weight is 184 g/mol. The minimum absolute atomic E-state index is 0.381. The van der Waals surface area contributed by atoms with Gasteiger partial charge in [0.2, 0.25) is 0 Å². The molecule has 72 valence electrons. The van der Waals surface area contributed by atoms with Gasteiger partial charge in [-0.1, -0.05) is 19.1 Å². The van der Waals surface area contributed by atoms with Crippen molar-refractivity contribution >= 4 is 11.9 Å². The van der Waals surface area contributed by atoms with Gasteiger partial charge in [-0.25, -0.2) is 9.59 Å². The van der Waals surface area contributed by atoms with Crippen molar-refractivity contribution in [2.45, 2.75) is 13.3 Å². The van der Waals surface area contributed by atoms with Gasteiger partial charge in [0.15, 0.2) is 0 Å². The fourth-order valence-corrected chi connectivity index (χ4v) is 0.523. The maximum absolute atomic E-state index is 10.8. The molecule has 0 saturated heterocycles. The normalized spacial score (nSPS) is 10.8. The van der Waals surface area contributed by atoms with Gasteiger partial charge in [-0.05, 0) is 6.42 Å². The van der Waals surface area contributed by atoms with E-state index in [0.29, 0.717) is 6.61 Å². The summed E-state index contributed by atoms with van der Waals surface area (Å²) in [6.45, 7) is 2.27. The summed E-state index contributed by atoms with van der Waals surface area (Å²) in [6, 6.07) is 0. The summed E-state index contributed by atoms with van der Waals surface area (Å²) in [5.74, 6) is -1.51. The summed E-state index contributed by atoms with van der Waals surface area (Å²) in [5, 5.41) is 8.18. The molecule has 0 aliphatic carbocycles. The molecule has 0 aromatic carbocycles. The third kappa shape index (κ3) is 8.33. The van der Waals surface area contributed by atoms with Gasteiger partial charge < -0.3 is 9.84 Å². The van der Waals surface area contributed by atoms with E-state index in [1.165, 1.54) is 18.2 Å². The number of carbonyl (C=O) groups is 2. The fraction of sp³-hybridized carbons (Fsp3) is 0.333. The molecule has 0 unspecified atom stereocenters. The number of rotatable bonds is 5. The Labute approximate surface area is 76.5 Å². The third-order valence-corrected chi connectivity index (χ3v) is 1.03. The number of aliphatic carboxylic acids is 1. The van der Waals surface area contributed by atoms with E-state index in [2.05, 4.69) is 0 Å². The molecule has 0 radical (unpaired) electrons. The zero-order valence-electron chi connectivity index (χ0n) is 7.40. The number of esters is 1. The van der Waals surface area contributed by atoms with Crippen LogP contribution in [0.2, 0.25) is 0 Å². The molecule has 0 bridgehead atoms. The minimum Gasteiger partial charge on any atom is -0.478 e. The van der Waals surface area contributed by atoms with Crippen molar-refractivity contribution in [3.8, 4) is 0 Å². The summed E-state index contributed by atoms with van der Waals surface area (Å²) in [5.41, 5.74) is 0. The van der Waals surface area contributed by atoms with Crippen molar-refractivity contribution in [1.29, 1.82) is 0 Å². The van der Waals surface area contributed by atoms with Gasteiger partial charge in [0.05, 0.1) is 6.61 Å². The Balaban J connectivity index is 3.71. The largest absolute Gasteiger partial charge is 0.478 e. The van der Waals surface area contributed by atoms with Crippen molar-refractivity contribution in [2.24, 2.45) is 0 Å². The highest BCUT2D eigenvalue weighted by molar-refractivity contribution is 5.83. The molecular formula is C9H12O4. The van der Waals surface area contributed by atoms with Crippen LogP contribution in [-0.4, -0.2) is 23.7 Å². The van der Waals surface area contributed by atoms with Gasteiger partial charge in [-0.2, -0.15) is 0 Å². The van der Waals surface area contributed by atoms with Crippen LogP contribution in [0.4, 0.5) is 0 Å². The third-order valence-electron chi connectivity index (χ3n) is 1.03. The average Bonchev–Trinajstić information content (AvgIpc) is 2.08. The second-order valence-corrected chi connectivity index (χ2v) is 2.22. The molecular weight excluding hydrogens is 172 g/mol. The molecule has 0 aromatic heterocycles. The smallest absolute Gasteiger partial charge is 0.330 e. The van der Waals surface area contributed by atoms with Crippen LogP contribution in [0.15, 0.2) is 24.3 Å². The minimum atomic E-state index is -1.05. The van der Waals surface area contributed by atoms with Crippen molar-refractivity contribution < 1.29 is 19.4 Å². The lowest BCUT2D eigenvalue weighted by molar-refractivity contribution is -0.137. The molecule has 0 amide bonds. The summed E-state index contributed by atoms with van der Waals surface area (Å²) in [7, 11) is 0. The van der Waals surface area contributed by atoms with Crippen LogP contribution in [-0.2, 0) is 14.3 Å². The van der Waals surface area contributed by atoms with Crippen LogP contribution in [0.25, 0.3) is 0 Å². The summed E-state index contributed by atoms with van der Waals surface area (Å²) >= 11 is 0. The molecule has 13 heavy (non-hydrogen) atoms. The zero-order valence-corrected chi connectivity index (χ0v) is 7.40. The van der Waals surface area contributed by atoms with E-state index in [1.807, 2.05) is 6.92 Å². The number of carboxylic acids is 1. The molecule has 0 aliphatic rings. The first-order chi connectivity index (χ1) is 6.16. The molecule has 0 saturated carbocycles. The standard InChI is InChI=1S/C9H12O4/c1-2-7-13-9(12)6-4-3-5-8(10)11/h3-6H,2,7H2,1H3,(H,10,11)/b5-3-,6-4-. The van der Waals surface area contributed by atoms with Crippen LogP contribution >= 0.6 is 0 Å². The van der Waals surface area contributed by atoms with Gasteiger partial charge >= 0.3 is 11.9 Å². The second kappa shape index (κ2) is 7.09. The number of allylic oxidation sites excluding steroid dienone is 2. The number of ether oxygens (including phenoxy) is 1. The fourth-order valence-electron chi connectivity index (χ4n) is 0.523. The molecule has 0 atom stereocenters. The lowest BCUT2D eigenvalue weighted by atomic mass is 10.4. The molecule has 4 nitrogen and oxygen atoms in total. The maximum atomic E-state index is 10.8. The Morgan fingerprint density at radius 1 is 1.31 bits per heavy atom. The van der Waals surface area contributed by atoms with Gasteiger partial charge in [0.25, 0.3) is 0 Å². The molecule has 0 rings (SSSR count). The molecule has 0 aromatic rings. The van der Waals surface area contributed by atoms with E-state index in [0.717, 1.165) is 12.5 Å². The Morgan fingerprint density at radius 2 is 1.92 bits per heavy atom. The summed E-state index contributed by atoms with van der Waals surface area (Å²) in [4.78, 5) is 20.7. The van der Waals surface area contributed by atoms with Gasteiger partial charge in [0.1, 0.15) is 0 Å². The SMILES string of the molecule is CCCOC(=O)/C=C\C=C/C(=O)O. The topological polar surface area (TPSA) is 63.6 Å². The maximum Gasteiger partial charge on any atom is 0.330 e. The zero-order chi connectivity index (χ0) is 10.1. The number of carbonyl (C=O) groups excluding carboxylic acids is 1. The molecule has 0 aliphatic heterocycles. The highest BCUT2D eigenvalue weighted by Crippen LogP contribution is 1.85. The molecule has 0 heterocycles. The van der Waals surface area contributed by atoms with Crippen LogP contribution in [0.1, 0.15) is 13.3 Å². The van der Waals surface area contributed by atoms with E-state index < -0.39 is 11.9 Å². The molecule has 0 spiro atoms. The van der Waals surface area contributed by atoms with E-state index in [4.69, 9.17) is 9.84 Å². The van der Waals surface area contributed by atoms with Crippen molar-refractivity contribution in [3.63, 3.8) is 0 Å². The van der Waals surface area contributed by atoms with E-state index in [-0.39, 0.29) is 0 Å². The van der Waals surface area contributed by atoms with Crippen LogP contribution in [0, 0.1) is 0 Å². The van der Waals surface area contributed by atoms with Gasteiger partial charge in [0, 0.05) is 12.2 Å². The monoisotopic (exact) mass is 184 g/mol. The first-order valence-corrected chi connectivity index (χ1v) is 3.91. The van der Waals surface area contributed by atoms with Crippen LogP contribution < -0.4 is 0 Å². The van der Waals surface area contributed by atoms with Crippen LogP contribution in [0.5, 0.6) is 0 Å². The highest BCUT2D eigenvalue weighted by atomic mass is 16.5. The van der Waals surface area contributed by atoms with Crippen LogP contribution in [0.3, 0.4) is 0 Å². The lowest BCUT2D eigenvalue weighted by Crippen LogP contribution is -2.00. The second-order valence-electron chi connectivity index (χ2n) is 2.22. The Morgan fingerprint density at radius 3 is 2.46 bits per heavy atom. The van der Waals surface area contributed by atoms with Crippen molar-refractivity contribution in [2.75, 3.05) is 6.61 Å². The van der Waals surface area contributed by atoms with Gasteiger partial charge in [-0.3, -0.25) is 0 Å². The number of hydrogen-bond donors (Lipinski definition) is 1. The summed E-state index contributed by atoms with van der Waals surface area (Å²) in [6.07, 6.45) is 5.46. The first kappa shape index (κ1) is 11.4. The predicted molar refractivity (Wildman–Crippen MR) is 47.2 cm³/mol. The molecule has 1 N–H and O–H groups in total.